The summed E-state index contributed by atoms with van der Waals surface area (Å²) in [6.07, 6.45) is 6.16. The van der Waals surface area contributed by atoms with Crippen LogP contribution in [0.2, 0.25) is 0 Å². The zero-order valence-electron chi connectivity index (χ0n) is 10.6. The van der Waals surface area contributed by atoms with E-state index < -0.39 is 0 Å². The highest BCUT2D eigenvalue weighted by atomic mass is 32.2. The molecule has 4 heteroatoms. The third-order valence-corrected chi connectivity index (χ3v) is 5.61. The summed E-state index contributed by atoms with van der Waals surface area (Å²) in [6.45, 7) is 2.69. The van der Waals surface area contributed by atoms with Gasteiger partial charge in [0.25, 0.3) is 0 Å². The Morgan fingerprint density at radius 1 is 1.41 bits per heavy atom. The van der Waals surface area contributed by atoms with Crippen molar-refractivity contribution in [1.29, 1.82) is 0 Å². The molecule has 0 radical (unpaired) electrons. The zero-order valence-corrected chi connectivity index (χ0v) is 11.4. The van der Waals surface area contributed by atoms with E-state index in [2.05, 4.69) is 5.32 Å². The average Bonchev–Trinajstić information content (AvgIpc) is 2.76. The molecular weight excluding hydrogens is 234 g/mol. The number of aliphatic hydroxyl groups is 1. The Kier molecular flexibility index (Phi) is 4.36. The zero-order chi connectivity index (χ0) is 12.3. The second-order valence-corrected chi connectivity index (χ2v) is 7.10. The number of carbonyl (C=O) groups is 1. The van der Waals surface area contributed by atoms with E-state index in [4.69, 9.17) is 0 Å². The number of rotatable bonds is 3. The SMILES string of the molecule is CC1(C(=O)NCC2CCCCC2O)CCCS1. The summed E-state index contributed by atoms with van der Waals surface area (Å²) in [6, 6.07) is 0. The van der Waals surface area contributed by atoms with Crippen LogP contribution in [0.25, 0.3) is 0 Å². The monoisotopic (exact) mass is 257 g/mol. The summed E-state index contributed by atoms with van der Waals surface area (Å²) in [4.78, 5) is 12.1. The maximum atomic E-state index is 12.1. The van der Waals surface area contributed by atoms with Gasteiger partial charge in [-0.2, -0.15) is 0 Å². The first-order valence-electron chi connectivity index (χ1n) is 6.72. The van der Waals surface area contributed by atoms with E-state index in [1.165, 1.54) is 6.42 Å². The number of nitrogens with one attached hydrogen (secondary N) is 1. The Morgan fingerprint density at radius 2 is 2.18 bits per heavy atom. The Balaban J connectivity index is 1.79. The molecule has 1 saturated carbocycles. The van der Waals surface area contributed by atoms with E-state index in [9.17, 15) is 9.90 Å². The Morgan fingerprint density at radius 3 is 2.82 bits per heavy atom. The molecule has 98 valence electrons. The smallest absolute Gasteiger partial charge is 0.235 e. The molecule has 1 heterocycles. The van der Waals surface area contributed by atoms with Crippen LogP contribution in [0.15, 0.2) is 0 Å². The van der Waals surface area contributed by atoms with Crippen LogP contribution in [-0.4, -0.2) is 34.2 Å². The molecule has 0 aromatic rings. The van der Waals surface area contributed by atoms with Crippen molar-refractivity contribution >= 4 is 17.7 Å². The highest BCUT2D eigenvalue weighted by Crippen LogP contribution is 2.37. The molecule has 1 aliphatic carbocycles. The fourth-order valence-corrected chi connectivity index (χ4v) is 4.03. The largest absolute Gasteiger partial charge is 0.393 e. The molecule has 2 N–H and O–H groups in total. The van der Waals surface area contributed by atoms with Gasteiger partial charge in [-0.3, -0.25) is 4.79 Å². The summed E-state index contributed by atoms with van der Waals surface area (Å²) in [5.41, 5.74) is 0. The molecule has 2 rings (SSSR count). The van der Waals surface area contributed by atoms with E-state index in [-0.39, 0.29) is 22.7 Å². The van der Waals surface area contributed by atoms with Crippen LogP contribution in [0, 0.1) is 5.92 Å². The fourth-order valence-electron chi connectivity index (χ4n) is 2.80. The molecule has 2 aliphatic rings. The molecular formula is C13H23NO2S. The van der Waals surface area contributed by atoms with Crippen LogP contribution < -0.4 is 5.32 Å². The van der Waals surface area contributed by atoms with E-state index in [0.29, 0.717) is 6.54 Å². The van der Waals surface area contributed by atoms with E-state index >= 15 is 0 Å². The van der Waals surface area contributed by atoms with Crippen LogP contribution in [0.4, 0.5) is 0 Å². The lowest BCUT2D eigenvalue weighted by molar-refractivity contribution is -0.123. The minimum absolute atomic E-state index is 0.165. The third kappa shape index (κ3) is 3.16. The minimum Gasteiger partial charge on any atom is -0.393 e. The molecule has 17 heavy (non-hydrogen) atoms. The number of amides is 1. The average molecular weight is 257 g/mol. The van der Waals surface area contributed by atoms with Gasteiger partial charge in [-0.15, -0.1) is 11.8 Å². The maximum Gasteiger partial charge on any atom is 0.235 e. The van der Waals surface area contributed by atoms with Gasteiger partial charge in [-0.05, 0) is 38.4 Å². The van der Waals surface area contributed by atoms with Crippen LogP contribution in [0.1, 0.15) is 45.4 Å². The molecule has 0 aromatic carbocycles. The number of aliphatic hydroxyl groups excluding tert-OH is 1. The first kappa shape index (κ1) is 13.2. The lowest BCUT2D eigenvalue weighted by atomic mass is 9.86. The van der Waals surface area contributed by atoms with Crippen molar-refractivity contribution in [3.05, 3.63) is 0 Å². The lowest BCUT2D eigenvalue weighted by Gasteiger charge is -2.29. The molecule has 3 atom stereocenters. The van der Waals surface area contributed by atoms with Gasteiger partial charge in [0.2, 0.25) is 5.91 Å². The lowest BCUT2D eigenvalue weighted by Crippen LogP contribution is -2.44. The van der Waals surface area contributed by atoms with Gasteiger partial charge in [0.05, 0.1) is 10.9 Å². The van der Waals surface area contributed by atoms with Crippen LogP contribution in [0.3, 0.4) is 0 Å². The van der Waals surface area contributed by atoms with E-state index in [1.807, 2.05) is 6.92 Å². The minimum atomic E-state index is -0.223. The highest BCUT2D eigenvalue weighted by Gasteiger charge is 2.37. The van der Waals surface area contributed by atoms with Gasteiger partial charge >= 0.3 is 0 Å². The summed E-state index contributed by atoms with van der Waals surface area (Å²) in [5, 5.41) is 12.9. The van der Waals surface area contributed by atoms with Crippen LogP contribution >= 0.6 is 11.8 Å². The first-order valence-corrected chi connectivity index (χ1v) is 7.71. The standard InChI is InChI=1S/C13H23NO2S/c1-13(7-4-8-17-13)12(16)14-9-10-5-2-3-6-11(10)15/h10-11,15H,2-9H2,1H3,(H,14,16). The van der Waals surface area contributed by atoms with Gasteiger partial charge in [0.1, 0.15) is 0 Å². The van der Waals surface area contributed by atoms with Crippen molar-refractivity contribution in [3.63, 3.8) is 0 Å². The fraction of sp³-hybridized carbons (Fsp3) is 0.923. The number of hydrogen-bond acceptors (Lipinski definition) is 3. The van der Waals surface area contributed by atoms with Gasteiger partial charge in [0.15, 0.2) is 0 Å². The van der Waals surface area contributed by atoms with Crippen LogP contribution in [-0.2, 0) is 4.79 Å². The Labute approximate surface area is 108 Å². The Bertz CT molecular complexity index is 277. The summed E-state index contributed by atoms with van der Waals surface area (Å²) in [7, 11) is 0. The predicted octanol–water partition coefficient (Wildman–Crippen LogP) is 1.94. The third-order valence-electron chi connectivity index (χ3n) is 4.09. The molecule has 0 aromatic heterocycles. The summed E-state index contributed by atoms with van der Waals surface area (Å²) < 4.78 is -0.223. The van der Waals surface area contributed by atoms with Gasteiger partial charge in [0, 0.05) is 12.5 Å². The van der Waals surface area contributed by atoms with Crippen molar-refractivity contribution in [1.82, 2.24) is 5.32 Å². The number of hydrogen-bond donors (Lipinski definition) is 2. The normalized spacial score (nSPS) is 38.0. The summed E-state index contributed by atoms with van der Waals surface area (Å²) >= 11 is 1.77. The second kappa shape index (κ2) is 5.61. The Hall–Kier alpha value is -0.220. The molecule has 3 unspecified atom stereocenters. The van der Waals surface area contributed by atoms with Gasteiger partial charge < -0.3 is 10.4 Å². The number of thioether (sulfide) groups is 1. The van der Waals surface area contributed by atoms with Crippen molar-refractivity contribution in [2.75, 3.05) is 12.3 Å². The first-order chi connectivity index (χ1) is 8.12. The second-order valence-electron chi connectivity index (χ2n) is 5.50. The van der Waals surface area contributed by atoms with Crippen molar-refractivity contribution < 1.29 is 9.90 Å². The topological polar surface area (TPSA) is 49.3 Å². The van der Waals surface area contributed by atoms with Crippen LogP contribution in [0.5, 0.6) is 0 Å². The van der Waals surface area contributed by atoms with E-state index in [0.717, 1.165) is 37.9 Å². The highest BCUT2D eigenvalue weighted by molar-refractivity contribution is 8.01. The molecule has 0 spiro atoms. The molecule has 2 fully saturated rings. The predicted molar refractivity (Wildman–Crippen MR) is 71.1 cm³/mol. The summed E-state index contributed by atoms with van der Waals surface area (Å²) in [5.74, 6) is 1.52. The quantitative estimate of drug-likeness (QED) is 0.812. The van der Waals surface area contributed by atoms with Gasteiger partial charge in [-0.25, -0.2) is 0 Å². The molecule has 1 aliphatic heterocycles. The molecule has 0 bridgehead atoms. The molecule has 1 saturated heterocycles. The van der Waals surface area contributed by atoms with E-state index in [1.54, 1.807) is 11.8 Å². The molecule has 3 nitrogen and oxygen atoms in total. The maximum absolute atomic E-state index is 12.1. The van der Waals surface area contributed by atoms with Crippen molar-refractivity contribution in [2.45, 2.75) is 56.3 Å². The van der Waals surface area contributed by atoms with Crippen molar-refractivity contribution in [3.8, 4) is 0 Å². The van der Waals surface area contributed by atoms with Crippen molar-refractivity contribution in [2.24, 2.45) is 5.92 Å². The number of carbonyl (C=O) groups excluding carboxylic acids is 1. The molecule has 1 amide bonds. The van der Waals surface area contributed by atoms with Gasteiger partial charge in [-0.1, -0.05) is 12.8 Å².